The lowest BCUT2D eigenvalue weighted by Crippen LogP contribution is -2.35. The summed E-state index contributed by atoms with van der Waals surface area (Å²) < 4.78 is 0. The number of hydrogen-bond acceptors (Lipinski definition) is 6. The number of rotatable bonds is 4. The highest BCUT2D eigenvalue weighted by molar-refractivity contribution is 6.20. The van der Waals surface area contributed by atoms with Gasteiger partial charge in [-0.25, -0.2) is 4.79 Å². The summed E-state index contributed by atoms with van der Waals surface area (Å²) >= 11 is 0. The van der Waals surface area contributed by atoms with Crippen LogP contribution in [0.1, 0.15) is 40.0 Å². The van der Waals surface area contributed by atoms with Crippen molar-refractivity contribution in [3.63, 3.8) is 0 Å². The van der Waals surface area contributed by atoms with Crippen LogP contribution >= 0.6 is 0 Å². The summed E-state index contributed by atoms with van der Waals surface area (Å²) in [5.41, 5.74) is -0.429. The van der Waals surface area contributed by atoms with E-state index in [2.05, 4.69) is 0 Å². The van der Waals surface area contributed by atoms with Crippen LogP contribution in [0.5, 0.6) is 0 Å². The Kier molecular flexibility index (Phi) is 4.31. The van der Waals surface area contributed by atoms with Crippen molar-refractivity contribution in [2.75, 3.05) is 0 Å². The van der Waals surface area contributed by atoms with Gasteiger partial charge >= 0.3 is 5.97 Å². The van der Waals surface area contributed by atoms with E-state index in [9.17, 15) is 24.0 Å². The number of carbonyl (C=O) groups excluding carboxylic acids is 5. The van der Waals surface area contributed by atoms with Crippen LogP contribution in [0.4, 0.5) is 0 Å². The summed E-state index contributed by atoms with van der Waals surface area (Å²) in [6, 6.07) is 0. The molecule has 0 atom stereocenters. The predicted octanol–water partition coefficient (Wildman–Crippen LogP) is 1.03. The maximum Gasteiger partial charge on any atom is 0.334 e. The Morgan fingerprint density at radius 1 is 1.09 bits per heavy atom. The standard InChI is InChI=1S/C16H17NO6/c1-9-6-12(19)10(7-11(9)18)16(2,3)8-15(22)23-17-13(20)4-5-14(17)21/h6-7H,4-5,8H2,1-3H3. The number of hydrogen-bond donors (Lipinski definition) is 0. The molecule has 1 aliphatic carbocycles. The Labute approximate surface area is 132 Å². The lowest BCUT2D eigenvalue weighted by atomic mass is 9.76. The number of allylic oxidation sites excluding steroid dienone is 4. The summed E-state index contributed by atoms with van der Waals surface area (Å²) in [6.45, 7) is 4.78. The van der Waals surface area contributed by atoms with Crippen LogP contribution in [-0.2, 0) is 28.8 Å². The first-order valence-corrected chi connectivity index (χ1v) is 7.17. The highest BCUT2D eigenvalue weighted by atomic mass is 16.7. The number of amides is 2. The molecule has 0 bridgehead atoms. The van der Waals surface area contributed by atoms with Crippen molar-refractivity contribution in [1.82, 2.24) is 5.06 Å². The van der Waals surface area contributed by atoms with Crippen molar-refractivity contribution < 1.29 is 28.8 Å². The van der Waals surface area contributed by atoms with E-state index in [0.717, 1.165) is 0 Å². The first-order valence-electron chi connectivity index (χ1n) is 7.17. The normalized spacial score (nSPS) is 19.0. The SMILES string of the molecule is CC1=CC(=O)C(C(C)(C)CC(=O)ON2C(=O)CCC2=O)=CC1=O. The first-order chi connectivity index (χ1) is 10.6. The van der Waals surface area contributed by atoms with Crippen molar-refractivity contribution >= 4 is 29.4 Å². The molecule has 1 aliphatic heterocycles. The highest BCUT2D eigenvalue weighted by Gasteiger charge is 2.37. The van der Waals surface area contributed by atoms with E-state index in [1.54, 1.807) is 20.8 Å². The third-order valence-electron chi connectivity index (χ3n) is 3.79. The van der Waals surface area contributed by atoms with Crippen LogP contribution in [0.3, 0.4) is 0 Å². The van der Waals surface area contributed by atoms with Crippen molar-refractivity contribution in [2.45, 2.75) is 40.0 Å². The number of imide groups is 1. The van der Waals surface area contributed by atoms with Gasteiger partial charge in [0, 0.05) is 29.4 Å². The summed E-state index contributed by atoms with van der Waals surface area (Å²) in [5, 5.41) is 0.463. The maximum absolute atomic E-state index is 12.1. The fourth-order valence-corrected chi connectivity index (χ4v) is 2.44. The molecule has 23 heavy (non-hydrogen) atoms. The second-order valence-corrected chi connectivity index (χ2v) is 6.22. The number of hydroxylamine groups is 2. The van der Waals surface area contributed by atoms with Gasteiger partial charge in [0.15, 0.2) is 11.6 Å². The van der Waals surface area contributed by atoms with Gasteiger partial charge in [-0.15, -0.1) is 5.06 Å². The van der Waals surface area contributed by atoms with Crippen molar-refractivity contribution in [3.05, 3.63) is 23.3 Å². The third kappa shape index (κ3) is 3.44. The van der Waals surface area contributed by atoms with Gasteiger partial charge in [-0.2, -0.15) is 0 Å². The molecule has 0 aromatic carbocycles. The Morgan fingerprint density at radius 3 is 2.22 bits per heavy atom. The predicted molar refractivity (Wildman–Crippen MR) is 77.4 cm³/mol. The zero-order chi connectivity index (χ0) is 17.4. The van der Waals surface area contributed by atoms with Crippen LogP contribution in [0.15, 0.2) is 23.3 Å². The lowest BCUT2D eigenvalue weighted by Gasteiger charge is -2.27. The Bertz CT molecular complexity index is 667. The molecule has 0 aromatic heterocycles. The second-order valence-electron chi connectivity index (χ2n) is 6.22. The monoisotopic (exact) mass is 319 g/mol. The van der Waals surface area contributed by atoms with Gasteiger partial charge in [-0.05, 0) is 19.1 Å². The van der Waals surface area contributed by atoms with Gasteiger partial charge in [0.25, 0.3) is 11.8 Å². The minimum absolute atomic E-state index is 0.0116. The minimum Gasteiger partial charge on any atom is -0.330 e. The molecule has 0 unspecified atom stereocenters. The fourth-order valence-electron chi connectivity index (χ4n) is 2.44. The average molecular weight is 319 g/mol. The van der Waals surface area contributed by atoms with Crippen molar-refractivity contribution in [2.24, 2.45) is 5.41 Å². The quantitative estimate of drug-likeness (QED) is 0.567. The maximum atomic E-state index is 12.1. The van der Waals surface area contributed by atoms with Gasteiger partial charge < -0.3 is 4.84 Å². The minimum atomic E-state index is -0.965. The number of ketones is 2. The van der Waals surface area contributed by atoms with Crippen LogP contribution < -0.4 is 0 Å². The second kappa shape index (κ2) is 5.91. The summed E-state index contributed by atoms with van der Waals surface area (Å²) in [5.74, 6) is -2.57. The number of nitrogens with zero attached hydrogens (tertiary/aromatic N) is 1. The molecule has 0 N–H and O–H groups in total. The van der Waals surface area contributed by atoms with Gasteiger partial charge in [0.2, 0.25) is 0 Å². The van der Waals surface area contributed by atoms with E-state index in [0.29, 0.717) is 10.6 Å². The molecule has 0 radical (unpaired) electrons. The number of carbonyl (C=O) groups is 5. The third-order valence-corrected chi connectivity index (χ3v) is 3.79. The van der Waals surface area contributed by atoms with E-state index in [1.807, 2.05) is 0 Å². The Balaban J connectivity index is 2.09. The molecule has 1 heterocycles. The molecule has 0 aromatic rings. The van der Waals surface area contributed by atoms with E-state index in [-0.39, 0.29) is 36.4 Å². The zero-order valence-corrected chi connectivity index (χ0v) is 13.2. The van der Waals surface area contributed by atoms with Gasteiger partial charge in [-0.1, -0.05) is 13.8 Å². The molecule has 2 aliphatic rings. The molecule has 1 fully saturated rings. The van der Waals surface area contributed by atoms with E-state index >= 15 is 0 Å². The summed E-state index contributed by atoms with van der Waals surface area (Å²) in [7, 11) is 0. The van der Waals surface area contributed by atoms with Crippen LogP contribution in [-0.4, -0.2) is 34.4 Å². The molecule has 1 saturated heterocycles. The first kappa shape index (κ1) is 16.8. The molecular formula is C16H17NO6. The van der Waals surface area contributed by atoms with Crippen molar-refractivity contribution in [1.29, 1.82) is 0 Å². The summed E-state index contributed by atoms with van der Waals surface area (Å²) in [4.78, 5) is 63.4. The van der Waals surface area contributed by atoms with E-state index < -0.39 is 23.2 Å². The molecule has 122 valence electrons. The van der Waals surface area contributed by atoms with E-state index in [4.69, 9.17) is 4.84 Å². The van der Waals surface area contributed by atoms with Crippen LogP contribution in [0.2, 0.25) is 0 Å². The average Bonchev–Trinajstić information content (AvgIpc) is 2.74. The highest BCUT2D eigenvalue weighted by Crippen LogP contribution is 2.34. The van der Waals surface area contributed by atoms with E-state index in [1.165, 1.54) is 12.2 Å². The summed E-state index contributed by atoms with van der Waals surface area (Å²) in [6.07, 6.45) is 2.23. The van der Waals surface area contributed by atoms with Crippen LogP contribution in [0, 0.1) is 5.41 Å². The lowest BCUT2D eigenvalue weighted by molar-refractivity contribution is -0.198. The molecule has 0 saturated carbocycles. The Hall–Kier alpha value is -2.57. The van der Waals surface area contributed by atoms with Gasteiger partial charge in [0.05, 0.1) is 6.42 Å². The molecule has 7 nitrogen and oxygen atoms in total. The van der Waals surface area contributed by atoms with Gasteiger partial charge in [-0.3, -0.25) is 19.2 Å². The molecule has 2 rings (SSSR count). The zero-order valence-electron chi connectivity index (χ0n) is 13.2. The molecule has 0 spiro atoms. The smallest absolute Gasteiger partial charge is 0.330 e. The molecule has 7 heteroatoms. The molecule has 2 amide bonds. The largest absolute Gasteiger partial charge is 0.334 e. The topological polar surface area (TPSA) is 97.8 Å². The molecular weight excluding hydrogens is 302 g/mol. The Morgan fingerprint density at radius 2 is 1.65 bits per heavy atom. The van der Waals surface area contributed by atoms with Crippen molar-refractivity contribution in [3.8, 4) is 0 Å². The fraction of sp³-hybridized carbons (Fsp3) is 0.438. The van der Waals surface area contributed by atoms with Gasteiger partial charge in [0.1, 0.15) is 0 Å². The van der Waals surface area contributed by atoms with Crippen LogP contribution in [0.25, 0.3) is 0 Å².